The Morgan fingerprint density at radius 3 is 2.50 bits per heavy atom. The second-order valence-corrected chi connectivity index (χ2v) is 3.82. The summed E-state index contributed by atoms with van der Waals surface area (Å²) in [5, 5.41) is 0. The molecule has 0 aliphatic carbocycles. The first-order chi connectivity index (χ1) is 7.58. The van der Waals surface area contributed by atoms with Gasteiger partial charge in [-0.05, 0) is 37.0 Å². The smallest absolute Gasteiger partial charge is 0.338 e. The van der Waals surface area contributed by atoms with E-state index in [9.17, 15) is 4.79 Å². The van der Waals surface area contributed by atoms with Crippen LogP contribution in [0.1, 0.15) is 31.9 Å². The molecule has 0 atom stereocenters. The van der Waals surface area contributed by atoms with Crippen LogP contribution < -0.4 is 4.74 Å². The average Bonchev–Trinajstić information content (AvgIpc) is 2.29. The highest BCUT2D eigenvalue weighted by Crippen LogP contribution is 2.22. The molecule has 1 aromatic rings. The highest BCUT2D eigenvalue weighted by atomic mass is 16.5. The Morgan fingerprint density at radius 2 is 2.00 bits per heavy atom. The van der Waals surface area contributed by atoms with Crippen molar-refractivity contribution in [3.63, 3.8) is 0 Å². The molecule has 0 bridgehead atoms. The SMILES string of the molecule is C=C(C)C(=O)Oc1ccc(CC)cc1CC. The van der Waals surface area contributed by atoms with Crippen LogP contribution in [0.2, 0.25) is 0 Å². The molecule has 16 heavy (non-hydrogen) atoms. The van der Waals surface area contributed by atoms with E-state index in [0.29, 0.717) is 11.3 Å². The van der Waals surface area contributed by atoms with E-state index in [2.05, 4.69) is 19.6 Å². The van der Waals surface area contributed by atoms with Gasteiger partial charge in [-0.15, -0.1) is 0 Å². The van der Waals surface area contributed by atoms with Crippen LogP contribution in [0.4, 0.5) is 0 Å². The Kier molecular flexibility index (Phi) is 4.29. The number of carbonyl (C=O) groups excluding carboxylic acids is 1. The molecular formula is C14H18O2. The largest absolute Gasteiger partial charge is 0.423 e. The fraction of sp³-hybridized carbons (Fsp3) is 0.357. The van der Waals surface area contributed by atoms with E-state index in [-0.39, 0.29) is 5.97 Å². The van der Waals surface area contributed by atoms with Crippen molar-refractivity contribution in [1.82, 2.24) is 0 Å². The van der Waals surface area contributed by atoms with Crippen LogP contribution in [0.3, 0.4) is 0 Å². The summed E-state index contributed by atoms with van der Waals surface area (Å²) in [4.78, 5) is 11.4. The van der Waals surface area contributed by atoms with Crippen LogP contribution in [0.25, 0.3) is 0 Å². The lowest BCUT2D eigenvalue weighted by Crippen LogP contribution is -2.09. The van der Waals surface area contributed by atoms with Gasteiger partial charge in [-0.2, -0.15) is 0 Å². The number of carbonyl (C=O) groups is 1. The first-order valence-electron chi connectivity index (χ1n) is 5.58. The molecule has 2 heteroatoms. The van der Waals surface area contributed by atoms with Gasteiger partial charge in [0.1, 0.15) is 5.75 Å². The van der Waals surface area contributed by atoms with Gasteiger partial charge in [0.25, 0.3) is 0 Å². The second-order valence-electron chi connectivity index (χ2n) is 3.82. The van der Waals surface area contributed by atoms with Crippen molar-refractivity contribution in [2.45, 2.75) is 33.6 Å². The number of ether oxygens (including phenoxy) is 1. The molecule has 0 aromatic heterocycles. The van der Waals surface area contributed by atoms with E-state index in [0.717, 1.165) is 18.4 Å². The third-order valence-corrected chi connectivity index (χ3v) is 2.47. The molecule has 0 fully saturated rings. The lowest BCUT2D eigenvalue weighted by atomic mass is 10.1. The van der Waals surface area contributed by atoms with Crippen LogP contribution in [0.15, 0.2) is 30.4 Å². The molecule has 0 radical (unpaired) electrons. The van der Waals surface area contributed by atoms with Gasteiger partial charge in [-0.1, -0.05) is 32.6 Å². The highest BCUT2D eigenvalue weighted by molar-refractivity contribution is 5.88. The third-order valence-electron chi connectivity index (χ3n) is 2.47. The number of benzene rings is 1. The lowest BCUT2D eigenvalue weighted by molar-refractivity contribution is -0.130. The third kappa shape index (κ3) is 2.96. The van der Waals surface area contributed by atoms with E-state index in [1.54, 1.807) is 6.92 Å². The van der Waals surface area contributed by atoms with Crippen molar-refractivity contribution in [1.29, 1.82) is 0 Å². The Hall–Kier alpha value is -1.57. The fourth-order valence-electron chi connectivity index (χ4n) is 1.42. The molecule has 1 aromatic carbocycles. The number of hydrogen-bond donors (Lipinski definition) is 0. The van der Waals surface area contributed by atoms with Crippen molar-refractivity contribution in [2.24, 2.45) is 0 Å². The van der Waals surface area contributed by atoms with Crippen molar-refractivity contribution >= 4 is 5.97 Å². The number of hydrogen-bond acceptors (Lipinski definition) is 2. The summed E-state index contributed by atoms with van der Waals surface area (Å²) >= 11 is 0. The zero-order valence-electron chi connectivity index (χ0n) is 10.2. The zero-order valence-corrected chi connectivity index (χ0v) is 10.2. The fourth-order valence-corrected chi connectivity index (χ4v) is 1.42. The molecule has 1 rings (SSSR count). The molecule has 0 N–H and O–H groups in total. The quantitative estimate of drug-likeness (QED) is 0.440. The molecule has 0 amide bonds. The van der Waals surface area contributed by atoms with Crippen molar-refractivity contribution in [3.05, 3.63) is 41.5 Å². The lowest BCUT2D eigenvalue weighted by Gasteiger charge is -2.10. The van der Waals surface area contributed by atoms with E-state index in [1.807, 2.05) is 19.1 Å². The van der Waals surface area contributed by atoms with Crippen molar-refractivity contribution in [3.8, 4) is 5.75 Å². The molecule has 2 nitrogen and oxygen atoms in total. The van der Waals surface area contributed by atoms with E-state index >= 15 is 0 Å². The number of esters is 1. The predicted octanol–water partition coefficient (Wildman–Crippen LogP) is 3.29. The minimum atomic E-state index is -0.362. The van der Waals surface area contributed by atoms with Crippen LogP contribution in [0, 0.1) is 0 Å². The Balaban J connectivity index is 2.96. The molecule has 0 saturated carbocycles. The summed E-state index contributed by atoms with van der Waals surface area (Å²) in [5.41, 5.74) is 2.74. The van der Waals surface area contributed by atoms with Gasteiger partial charge < -0.3 is 4.74 Å². The van der Waals surface area contributed by atoms with Crippen molar-refractivity contribution in [2.75, 3.05) is 0 Å². The first-order valence-corrected chi connectivity index (χ1v) is 5.58. The van der Waals surface area contributed by atoms with Crippen LogP contribution in [0.5, 0.6) is 5.75 Å². The molecule has 0 saturated heterocycles. The minimum Gasteiger partial charge on any atom is -0.423 e. The molecule has 0 unspecified atom stereocenters. The standard InChI is InChI=1S/C14H18O2/c1-5-11-7-8-13(12(6-2)9-11)16-14(15)10(3)4/h7-9H,3,5-6H2,1-2,4H3. The molecule has 0 aliphatic rings. The maximum absolute atomic E-state index is 11.4. The monoisotopic (exact) mass is 218 g/mol. The number of rotatable bonds is 4. The van der Waals surface area contributed by atoms with Crippen LogP contribution >= 0.6 is 0 Å². The Labute approximate surface area is 96.9 Å². The summed E-state index contributed by atoms with van der Waals surface area (Å²) in [6, 6.07) is 5.93. The predicted molar refractivity (Wildman–Crippen MR) is 65.6 cm³/mol. The van der Waals surface area contributed by atoms with Gasteiger partial charge in [0, 0.05) is 5.57 Å². The topological polar surface area (TPSA) is 26.3 Å². The Morgan fingerprint density at radius 1 is 1.31 bits per heavy atom. The second kappa shape index (κ2) is 5.50. The van der Waals surface area contributed by atoms with Gasteiger partial charge >= 0.3 is 5.97 Å². The minimum absolute atomic E-state index is 0.362. The normalized spacial score (nSPS) is 9.94. The summed E-state index contributed by atoms with van der Waals surface area (Å²) in [5.74, 6) is 0.284. The summed E-state index contributed by atoms with van der Waals surface area (Å²) in [7, 11) is 0. The van der Waals surface area contributed by atoms with Gasteiger partial charge in [0.15, 0.2) is 0 Å². The number of aryl methyl sites for hydroxylation is 2. The van der Waals surface area contributed by atoms with Gasteiger partial charge in [-0.3, -0.25) is 0 Å². The van der Waals surface area contributed by atoms with Gasteiger partial charge in [0.2, 0.25) is 0 Å². The van der Waals surface area contributed by atoms with E-state index < -0.39 is 0 Å². The maximum Gasteiger partial charge on any atom is 0.338 e. The average molecular weight is 218 g/mol. The first kappa shape index (κ1) is 12.5. The zero-order chi connectivity index (χ0) is 12.1. The van der Waals surface area contributed by atoms with E-state index in [4.69, 9.17) is 4.74 Å². The molecule has 0 aliphatic heterocycles. The summed E-state index contributed by atoms with van der Waals surface area (Å²) in [6.45, 7) is 9.37. The van der Waals surface area contributed by atoms with Crippen molar-refractivity contribution < 1.29 is 9.53 Å². The van der Waals surface area contributed by atoms with E-state index in [1.165, 1.54) is 5.56 Å². The molecule has 0 spiro atoms. The molecule has 86 valence electrons. The molecule has 0 heterocycles. The van der Waals surface area contributed by atoms with Crippen LogP contribution in [-0.4, -0.2) is 5.97 Å². The summed E-state index contributed by atoms with van der Waals surface area (Å²) < 4.78 is 5.26. The highest BCUT2D eigenvalue weighted by Gasteiger charge is 2.09. The van der Waals surface area contributed by atoms with Gasteiger partial charge in [-0.25, -0.2) is 4.79 Å². The summed E-state index contributed by atoms with van der Waals surface area (Å²) in [6.07, 6.45) is 1.84. The van der Waals surface area contributed by atoms with Gasteiger partial charge in [0.05, 0.1) is 0 Å². The van der Waals surface area contributed by atoms with Crippen LogP contribution in [-0.2, 0) is 17.6 Å². The Bertz CT molecular complexity index is 405. The molecular weight excluding hydrogens is 200 g/mol. The maximum atomic E-state index is 11.4.